The summed E-state index contributed by atoms with van der Waals surface area (Å²) in [6.07, 6.45) is 1.67. The van der Waals surface area contributed by atoms with Crippen LogP contribution < -0.4 is 5.32 Å². The molecule has 1 N–H and O–H groups in total. The highest BCUT2D eigenvalue weighted by molar-refractivity contribution is 7.80. The van der Waals surface area contributed by atoms with Gasteiger partial charge in [-0.3, -0.25) is 4.90 Å². The van der Waals surface area contributed by atoms with Crippen LogP contribution >= 0.6 is 35.4 Å². The molecule has 1 saturated heterocycles. The van der Waals surface area contributed by atoms with E-state index in [0.717, 1.165) is 43.6 Å². The van der Waals surface area contributed by atoms with Gasteiger partial charge in [0.1, 0.15) is 5.76 Å². The van der Waals surface area contributed by atoms with Crippen molar-refractivity contribution in [3.8, 4) is 0 Å². The molecule has 0 amide bonds. The number of benzene rings is 1. The first-order valence-corrected chi connectivity index (χ1v) is 8.99. The van der Waals surface area contributed by atoms with Gasteiger partial charge in [0.15, 0.2) is 5.11 Å². The maximum Gasteiger partial charge on any atom is 0.169 e. The molecule has 1 fully saturated rings. The van der Waals surface area contributed by atoms with Crippen molar-refractivity contribution in [3.05, 3.63) is 58.0 Å². The van der Waals surface area contributed by atoms with Crippen molar-refractivity contribution in [2.45, 2.75) is 13.1 Å². The Bertz CT molecular complexity index is 685. The number of hydrogen-bond acceptors (Lipinski definition) is 3. The molecule has 2 aromatic rings. The third-order valence-electron chi connectivity index (χ3n) is 4.04. The monoisotopic (exact) mass is 383 g/mol. The van der Waals surface area contributed by atoms with E-state index in [1.165, 1.54) is 5.56 Å². The van der Waals surface area contributed by atoms with Crippen LogP contribution in [0, 0.1) is 0 Å². The zero-order chi connectivity index (χ0) is 16.9. The molecule has 128 valence electrons. The van der Waals surface area contributed by atoms with Gasteiger partial charge in [-0.05, 0) is 42.0 Å². The molecule has 0 bridgehead atoms. The second kappa shape index (κ2) is 8.21. The summed E-state index contributed by atoms with van der Waals surface area (Å²) >= 11 is 17.5. The SMILES string of the molecule is S=C(NCc1ccco1)N1CCN(Cc2ccc(Cl)c(Cl)c2)CC1. The fourth-order valence-electron chi connectivity index (χ4n) is 2.69. The van der Waals surface area contributed by atoms with E-state index in [2.05, 4.69) is 15.1 Å². The quantitative estimate of drug-likeness (QED) is 0.811. The van der Waals surface area contributed by atoms with E-state index in [9.17, 15) is 0 Å². The van der Waals surface area contributed by atoms with E-state index in [0.29, 0.717) is 16.6 Å². The van der Waals surface area contributed by atoms with E-state index >= 15 is 0 Å². The molecule has 1 aliphatic rings. The minimum Gasteiger partial charge on any atom is -0.467 e. The molecule has 0 spiro atoms. The lowest BCUT2D eigenvalue weighted by molar-refractivity contribution is 0.174. The minimum absolute atomic E-state index is 0.596. The highest BCUT2D eigenvalue weighted by Gasteiger charge is 2.19. The van der Waals surface area contributed by atoms with Crippen molar-refractivity contribution in [3.63, 3.8) is 0 Å². The Kier molecular flexibility index (Phi) is 6.00. The predicted octanol–water partition coefficient (Wildman–Crippen LogP) is 3.78. The predicted molar refractivity (Wildman–Crippen MR) is 101 cm³/mol. The second-order valence-electron chi connectivity index (χ2n) is 5.75. The Morgan fingerprint density at radius 3 is 2.58 bits per heavy atom. The zero-order valence-corrected chi connectivity index (χ0v) is 15.5. The molecule has 7 heteroatoms. The van der Waals surface area contributed by atoms with Gasteiger partial charge in [0.25, 0.3) is 0 Å². The number of rotatable bonds is 4. The number of thiocarbonyl (C=S) groups is 1. The highest BCUT2D eigenvalue weighted by Crippen LogP contribution is 2.23. The third kappa shape index (κ3) is 4.63. The van der Waals surface area contributed by atoms with Crippen LogP contribution in [0.3, 0.4) is 0 Å². The Morgan fingerprint density at radius 1 is 1.12 bits per heavy atom. The summed E-state index contributed by atoms with van der Waals surface area (Å²) in [6.45, 7) is 5.23. The summed E-state index contributed by atoms with van der Waals surface area (Å²) in [5, 5.41) is 5.23. The first kappa shape index (κ1) is 17.5. The molecular weight excluding hydrogens is 365 g/mol. The van der Waals surface area contributed by atoms with E-state index in [4.69, 9.17) is 39.8 Å². The number of piperazine rings is 1. The molecule has 0 aliphatic carbocycles. The van der Waals surface area contributed by atoms with Crippen LogP contribution in [0.2, 0.25) is 10.0 Å². The third-order valence-corrected chi connectivity index (χ3v) is 5.19. The lowest BCUT2D eigenvalue weighted by atomic mass is 10.2. The van der Waals surface area contributed by atoms with Gasteiger partial charge < -0.3 is 14.6 Å². The molecule has 1 aromatic heterocycles. The summed E-state index contributed by atoms with van der Waals surface area (Å²) in [5.74, 6) is 0.885. The van der Waals surface area contributed by atoms with Gasteiger partial charge in [-0.2, -0.15) is 0 Å². The van der Waals surface area contributed by atoms with Crippen molar-refractivity contribution in [1.82, 2.24) is 15.1 Å². The number of nitrogens with zero attached hydrogens (tertiary/aromatic N) is 2. The molecule has 4 nitrogen and oxygen atoms in total. The maximum absolute atomic E-state index is 6.08. The zero-order valence-electron chi connectivity index (χ0n) is 13.2. The summed E-state index contributed by atoms with van der Waals surface area (Å²) < 4.78 is 5.30. The second-order valence-corrected chi connectivity index (χ2v) is 6.95. The van der Waals surface area contributed by atoms with Gasteiger partial charge in [0.05, 0.1) is 22.9 Å². The average molecular weight is 384 g/mol. The topological polar surface area (TPSA) is 31.7 Å². The van der Waals surface area contributed by atoms with Crippen molar-refractivity contribution < 1.29 is 4.42 Å². The maximum atomic E-state index is 6.08. The highest BCUT2D eigenvalue weighted by atomic mass is 35.5. The van der Waals surface area contributed by atoms with E-state index in [1.807, 2.05) is 30.3 Å². The van der Waals surface area contributed by atoms with Gasteiger partial charge in [0, 0.05) is 32.7 Å². The standard InChI is InChI=1S/C17H19Cl2N3OS/c18-15-4-3-13(10-16(15)19)12-21-5-7-22(8-6-21)17(24)20-11-14-2-1-9-23-14/h1-4,9-10H,5-8,11-12H2,(H,20,24). The Hall–Kier alpha value is -1.27. The van der Waals surface area contributed by atoms with Crippen LogP contribution in [-0.4, -0.2) is 41.1 Å². The lowest BCUT2D eigenvalue weighted by Gasteiger charge is -2.36. The molecule has 24 heavy (non-hydrogen) atoms. The Morgan fingerprint density at radius 2 is 1.92 bits per heavy atom. The van der Waals surface area contributed by atoms with Crippen LogP contribution in [0.15, 0.2) is 41.0 Å². The van der Waals surface area contributed by atoms with E-state index < -0.39 is 0 Å². The average Bonchev–Trinajstić information content (AvgIpc) is 3.10. The van der Waals surface area contributed by atoms with Crippen LogP contribution in [0.1, 0.15) is 11.3 Å². The molecule has 1 aliphatic heterocycles. The van der Waals surface area contributed by atoms with Gasteiger partial charge in [-0.1, -0.05) is 29.3 Å². The summed E-state index contributed by atoms with van der Waals surface area (Å²) in [4.78, 5) is 4.59. The smallest absolute Gasteiger partial charge is 0.169 e. The number of nitrogens with one attached hydrogen (secondary N) is 1. The van der Waals surface area contributed by atoms with Gasteiger partial charge in [-0.15, -0.1) is 0 Å². The van der Waals surface area contributed by atoms with Crippen molar-refractivity contribution in [2.24, 2.45) is 0 Å². The molecule has 0 saturated carbocycles. The molecule has 1 aromatic carbocycles. The fraction of sp³-hybridized carbons (Fsp3) is 0.353. The number of furan rings is 1. The number of halogens is 2. The van der Waals surface area contributed by atoms with Crippen molar-refractivity contribution in [2.75, 3.05) is 26.2 Å². The minimum atomic E-state index is 0.596. The summed E-state index contributed by atoms with van der Waals surface area (Å²) in [7, 11) is 0. The molecule has 0 atom stereocenters. The fourth-order valence-corrected chi connectivity index (χ4v) is 3.27. The summed E-state index contributed by atoms with van der Waals surface area (Å²) in [5.41, 5.74) is 1.18. The molecule has 0 radical (unpaired) electrons. The van der Waals surface area contributed by atoms with Crippen LogP contribution in [0.4, 0.5) is 0 Å². The van der Waals surface area contributed by atoms with Crippen molar-refractivity contribution in [1.29, 1.82) is 0 Å². The van der Waals surface area contributed by atoms with Crippen LogP contribution in [0.25, 0.3) is 0 Å². The Labute approximate surface area is 157 Å². The summed E-state index contributed by atoms with van der Waals surface area (Å²) in [6, 6.07) is 9.62. The first-order chi connectivity index (χ1) is 11.6. The Balaban J connectivity index is 1.44. The van der Waals surface area contributed by atoms with Crippen molar-refractivity contribution >= 4 is 40.5 Å². The number of hydrogen-bond donors (Lipinski definition) is 1. The van der Waals surface area contributed by atoms with Gasteiger partial charge in [-0.25, -0.2) is 0 Å². The van der Waals surface area contributed by atoms with Crippen LogP contribution in [-0.2, 0) is 13.1 Å². The van der Waals surface area contributed by atoms with Crippen LogP contribution in [0.5, 0.6) is 0 Å². The largest absolute Gasteiger partial charge is 0.467 e. The van der Waals surface area contributed by atoms with E-state index in [1.54, 1.807) is 6.26 Å². The molecule has 0 unspecified atom stereocenters. The molecular formula is C17H19Cl2N3OS. The van der Waals surface area contributed by atoms with Gasteiger partial charge in [0.2, 0.25) is 0 Å². The molecule has 2 heterocycles. The van der Waals surface area contributed by atoms with Gasteiger partial charge >= 0.3 is 0 Å². The molecule has 3 rings (SSSR count). The first-order valence-electron chi connectivity index (χ1n) is 7.83. The normalized spacial score (nSPS) is 15.5. The van der Waals surface area contributed by atoms with E-state index in [-0.39, 0.29) is 0 Å². The lowest BCUT2D eigenvalue weighted by Crippen LogP contribution is -2.51.